The van der Waals surface area contributed by atoms with E-state index < -0.39 is 0 Å². The third kappa shape index (κ3) is 6.43. The number of halogens is 1. The third-order valence-corrected chi connectivity index (χ3v) is 6.77. The highest BCUT2D eigenvalue weighted by Gasteiger charge is 2.34. The van der Waals surface area contributed by atoms with Gasteiger partial charge in [-0.1, -0.05) is 37.3 Å². The number of benzene rings is 2. The van der Waals surface area contributed by atoms with Crippen molar-refractivity contribution in [3.8, 4) is 17.4 Å². The normalized spacial score (nSPS) is 18.7. The van der Waals surface area contributed by atoms with E-state index in [4.69, 9.17) is 9.47 Å². The number of nitrogens with zero attached hydrogens (tertiary/aromatic N) is 3. The lowest BCUT2D eigenvalue weighted by atomic mass is 10.00. The van der Waals surface area contributed by atoms with Gasteiger partial charge in [-0.15, -0.1) is 0 Å². The van der Waals surface area contributed by atoms with E-state index in [0.717, 1.165) is 23.6 Å². The molecule has 1 aliphatic rings. The molecule has 1 N–H and O–H groups in total. The number of pyridine rings is 1. The predicted octanol–water partition coefficient (Wildman–Crippen LogP) is 4.99. The Morgan fingerprint density at radius 3 is 2.58 bits per heavy atom. The number of amides is 1. The number of fused-ring (bicyclic) bond motifs is 1. The Morgan fingerprint density at radius 1 is 1.19 bits per heavy atom. The lowest BCUT2D eigenvalue weighted by molar-refractivity contribution is 0.0325. The summed E-state index contributed by atoms with van der Waals surface area (Å²) >= 11 is 3.41. The maximum Gasteiger partial charge on any atom is 0.259 e. The van der Waals surface area contributed by atoms with Gasteiger partial charge in [0.15, 0.2) is 0 Å². The second kappa shape index (κ2) is 11.9. The first-order valence-corrected chi connectivity index (χ1v) is 12.9. The van der Waals surface area contributed by atoms with Crippen molar-refractivity contribution in [1.82, 2.24) is 14.8 Å². The van der Waals surface area contributed by atoms with E-state index in [0.29, 0.717) is 29.0 Å². The summed E-state index contributed by atoms with van der Waals surface area (Å²) in [5.41, 5.74) is 1.56. The molecule has 36 heavy (non-hydrogen) atoms. The highest BCUT2D eigenvalue weighted by molar-refractivity contribution is 9.10. The first kappa shape index (κ1) is 26.1. The maximum atomic E-state index is 13.3. The Kier molecular flexibility index (Phi) is 8.61. The SMILES string of the molecule is C[C@@H]1CN([C@@H](C)CO)C(=O)c2cc(Br)cnc2O[C@@H]1CN(C)Cc1ccc(Oc2ccccc2)cc1. The van der Waals surface area contributed by atoms with Crippen LogP contribution in [0.3, 0.4) is 0 Å². The molecule has 190 valence electrons. The van der Waals surface area contributed by atoms with Gasteiger partial charge in [0.05, 0.1) is 12.6 Å². The fourth-order valence-corrected chi connectivity index (χ4v) is 4.60. The molecule has 0 saturated carbocycles. The summed E-state index contributed by atoms with van der Waals surface area (Å²) in [5, 5.41) is 9.77. The van der Waals surface area contributed by atoms with E-state index in [2.05, 4.69) is 51.9 Å². The first-order valence-electron chi connectivity index (χ1n) is 12.1. The molecule has 1 amide bonds. The Bertz CT molecular complexity index is 1160. The van der Waals surface area contributed by atoms with Gasteiger partial charge in [-0.3, -0.25) is 9.69 Å². The van der Waals surface area contributed by atoms with Crippen LogP contribution >= 0.6 is 15.9 Å². The summed E-state index contributed by atoms with van der Waals surface area (Å²) in [6, 6.07) is 19.2. The molecule has 0 fully saturated rings. The zero-order chi connectivity index (χ0) is 25.7. The van der Waals surface area contributed by atoms with Crippen LogP contribution in [0.2, 0.25) is 0 Å². The van der Waals surface area contributed by atoms with Crippen LogP contribution < -0.4 is 9.47 Å². The molecule has 4 rings (SSSR count). The average molecular weight is 554 g/mol. The summed E-state index contributed by atoms with van der Waals surface area (Å²) in [4.78, 5) is 21.6. The topological polar surface area (TPSA) is 75.1 Å². The van der Waals surface area contributed by atoms with Crippen LogP contribution in [0, 0.1) is 5.92 Å². The number of aromatic nitrogens is 1. The summed E-state index contributed by atoms with van der Waals surface area (Å²) < 4.78 is 12.9. The quantitative estimate of drug-likeness (QED) is 0.423. The summed E-state index contributed by atoms with van der Waals surface area (Å²) in [6.45, 7) is 5.68. The highest BCUT2D eigenvalue weighted by atomic mass is 79.9. The molecule has 0 saturated heterocycles. The standard InChI is InChI=1S/C28H32BrN3O4/c1-19-15-32(20(2)18-33)28(34)25-13-22(29)14-30-27(25)36-26(19)17-31(3)16-21-9-11-24(12-10-21)35-23-7-5-4-6-8-23/h4-14,19-20,26,33H,15-18H2,1-3H3/t19-,20+,26-/m1/s1. The van der Waals surface area contributed by atoms with Crippen LogP contribution in [-0.2, 0) is 6.54 Å². The smallest absolute Gasteiger partial charge is 0.259 e. The molecule has 0 unspecified atom stereocenters. The summed E-state index contributed by atoms with van der Waals surface area (Å²) in [7, 11) is 2.05. The van der Waals surface area contributed by atoms with Crippen molar-refractivity contribution in [2.24, 2.45) is 5.92 Å². The van der Waals surface area contributed by atoms with Gasteiger partial charge in [-0.05, 0) is 65.8 Å². The van der Waals surface area contributed by atoms with Crippen LogP contribution in [0.4, 0.5) is 0 Å². The van der Waals surface area contributed by atoms with E-state index in [1.54, 1.807) is 17.2 Å². The molecule has 2 aromatic carbocycles. The second-order valence-electron chi connectivity index (χ2n) is 9.38. The molecule has 0 spiro atoms. The zero-order valence-electron chi connectivity index (χ0n) is 20.8. The first-order chi connectivity index (χ1) is 17.3. The van der Waals surface area contributed by atoms with Gasteiger partial charge < -0.3 is 19.5 Å². The zero-order valence-corrected chi connectivity index (χ0v) is 22.4. The van der Waals surface area contributed by atoms with Gasteiger partial charge >= 0.3 is 0 Å². The van der Waals surface area contributed by atoms with Crippen LogP contribution in [-0.4, -0.2) is 64.7 Å². The molecule has 3 aromatic rings. The number of carbonyl (C=O) groups excluding carboxylic acids is 1. The minimum Gasteiger partial charge on any atom is -0.472 e. The van der Waals surface area contributed by atoms with E-state index in [1.165, 1.54) is 0 Å². The lowest BCUT2D eigenvalue weighted by Crippen LogP contribution is -2.49. The van der Waals surface area contributed by atoms with E-state index in [1.807, 2.05) is 49.4 Å². The van der Waals surface area contributed by atoms with E-state index in [-0.39, 0.29) is 30.6 Å². The molecule has 1 aliphatic heterocycles. The van der Waals surface area contributed by atoms with Gasteiger partial charge in [0.2, 0.25) is 5.88 Å². The number of aliphatic hydroxyl groups is 1. The van der Waals surface area contributed by atoms with Crippen molar-refractivity contribution >= 4 is 21.8 Å². The minimum absolute atomic E-state index is 0.0330. The molecule has 7 nitrogen and oxygen atoms in total. The molecule has 2 heterocycles. The monoisotopic (exact) mass is 553 g/mol. The second-order valence-corrected chi connectivity index (χ2v) is 10.3. The largest absolute Gasteiger partial charge is 0.472 e. The maximum absolute atomic E-state index is 13.3. The van der Waals surface area contributed by atoms with Gasteiger partial charge in [-0.25, -0.2) is 4.98 Å². The number of rotatable bonds is 8. The van der Waals surface area contributed by atoms with Gasteiger partial charge in [-0.2, -0.15) is 0 Å². The molecule has 0 aliphatic carbocycles. The van der Waals surface area contributed by atoms with Gasteiger partial charge in [0.25, 0.3) is 5.91 Å². The van der Waals surface area contributed by atoms with Crippen LogP contribution in [0.15, 0.2) is 71.3 Å². The highest BCUT2D eigenvalue weighted by Crippen LogP contribution is 2.29. The molecular weight excluding hydrogens is 522 g/mol. The Labute approximate surface area is 220 Å². The van der Waals surface area contributed by atoms with Gasteiger partial charge in [0, 0.05) is 36.2 Å². The van der Waals surface area contributed by atoms with Crippen LogP contribution in [0.25, 0.3) is 0 Å². The number of para-hydroxylation sites is 1. The predicted molar refractivity (Wildman–Crippen MR) is 142 cm³/mol. The number of hydrogen-bond acceptors (Lipinski definition) is 6. The number of likely N-dealkylation sites (N-methyl/N-ethyl adjacent to an activating group) is 1. The van der Waals surface area contributed by atoms with Crippen LogP contribution in [0.1, 0.15) is 29.8 Å². The minimum atomic E-state index is -0.306. The Morgan fingerprint density at radius 2 is 1.89 bits per heavy atom. The van der Waals surface area contributed by atoms with Crippen molar-refractivity contribution < 1.29 is 19.4 Å². The van der Waals surface area contributed by atoms with Crippen LogP contribution in [0.5, 0.6) is 17.4 Å². The van der Waals surface area contributed by atoms with Crippen molar-refractivity contribution in [2.45, 2.75) is 32.5 Å². The molecule has 1 aromatic heterocycles. The summed E-state index contributed by atoms with van der Waals surface area (Å²) in [6.07, 6.45) is 1.45. The van der Waals surface area contributed by atoms with Crippen molar-refractivity contribution in [3.63, 3.8) is 0 Å². The molecule has 0 radical (unpaired) electrons. The van der Waals surface area contributed by atoms with Crippen molar-refractivity contribution in [1.29, 1.82) is 0 Å². The third-order valence-electron chi connectivity index (χ3n) is 6.33. The Hall–Kier alpha value is -2.94. The fourth-order valence-electron chi connectivity index (χ4n) is 4.27. The van der Waals surface area contributed by atoms with E-state index >= 15 is 0 Å². The molecule has 8 heteroatoms. The molecular formula is C28H32BrN3O4. The molecule has 0 bridgehead atoms. The molecule has 3 atom stereocenters. The number of carbonyl (C=O) groups is 1. The number of aliphatic hydroxyl groups excluding tert-OH is 1. The van der Waals surface area contributed by atoms with Gasteiger partial charge in [0.1, 0.15) is 23.2 Å². The summed E-state index contributed by atoms with van der Waals surface area (Å²) in [5.74, 6) is 1.77. The van der Waals surface area contributed by atoms with Crippen molar-refractivity contribution in [3.05, 3.63) is 82.5 Å². The lowest BCUT2D eigenvalue weighted by Gasteiger charge is -2.37. The van der Waals surface area contributed by atoms with E-state index in [9.17, 15) is 9.90 Å². The Balaban J connectivity index is 1.46. The van der Waals surface area contributed by atoms with Crippen molar-refractivity contribution in [2.75, 3.05) is 26.7 Å². The number of ether oxygens (including phenoxy) is 2. The average Bonchev–Trinajstić information content (AvgIpc) is 2.88. The number of hydrogen-bond donors (Lipinski definition) is 1. The fraction of sp³-hybridized carbons (Fsp3) is 0.357.